The van der Waals surface area contributed by atoms with Crippen LogP contribution in [0, 0.1) is 6.92 Å². The zero-order valence-electron chi connectivity index (χ0n) is 8.90. The SMILES string of the molecule is Cc1ncc(S(=O)(=O)NCc2ccc(Br)s2)[nH]1. The van der Waals surface area contributed by atoms with E-state index in [1.807, 2.05) is 12.1 Å². The highest BCUT2D eigenvalue weighted by Gasteiger charge is 2.16. The number of aryl methyl sites for hydroxylation is 1. The largest absolute Gasteiger partial charge is 0.332 e. The molecular formula is C9H10BrN3O2S2. The van der Waals surface area contributed by atoms with Crippen molar-refractivity contribution in [1.29, 1.82) is 0 Å². The summed E-state index contributed by atoms with van der Waals surface area (Å²) in [5.74, 6) is 0.573. The van der Waals surface area contributed by atoms with Crippen molar-refractivity contribution in [2.75, 3.05) is 0 Å². The van der Waals surface area contributed by atoms with E-state index in [1.54, 1.807) is 6.92 Å². The number of nitrogens with one attached hydrogen (secondary N) is 2. The summed E-state index contributed by atoms with van der Waals surface area (Å²) in [5.41, 5.74) is 0. The van der Waals surface area contributed by atoms with E-state index < -0.39 is 10.0 Å². The van der Waals surface area contributed by atoms with Gasteiger partial charge in [-0.15, -0.1) is 11.3 Å². The van der Waals surface area contributed by atoms with Crippen molar-refractivity contribution in [3.63, 3.8) is 0 Å². The van der Waals surface area contributed by atoms with Gasteiger partial charge < -0.3 is 4.98 Å². The highest BCUT2D eigenvalue weighted by Crippen LogP contribution is 2.22. The van der Waals surface area contributed by atoms with Crippen LogP contribution >= 0.6 is 27.3 Å². The molecule has 92 valence electrons. The number of sulfonamides is 1. The van der Waals surface area contributed by atoms with Crippen LogP contribution in [-0.2, 0) is 16.6 Å². The van der Waals surface area contributed by atoms with Crippen molar-refractivity contribution in [3.05, 3.63) is 32.8 Å². The maximum Gasteiger partial charge on any atom is 0.257 e. The molecule has 0 unspecified atom stereocenters. The molecule has 8 heteroatoms. The van der Waals surface area contributed by atoms with Gasteiger partial charge >= 0.3 is 0 Å². The zero-order valence-corrected chi connectivity index (χ0v) is 12.1. The highest BCUT2D eigenvalue weighted by molar-refractivity contribution is 9.11. The Hall–Kier alpha value is -0.700. The molecule has 0 fully saturated rings. The topological polar surface area (TPSA) is 74.8 Å². The quantitative estimate of drug-likeness (QED) is 0.897. The Balaban J connectivity index is 2.08. The Morgan fingerprint density at radius 1 is 1.53 bits per heavy atom. The van der Waals surface area contributed by atoms with E-state index in [2.05, 4.69) is 30.6 Å². The van der Waals surface area contributed by atoms with Crippen LogP contribution in [0.3, 0.4) is 0 Å². The average Bonchev–Trinajstić information content (AvgIpc) is 2.85. The number of aromatic amines is 1. The fourth-order valence-electron chi connectivity index (χ4n) is 1.23. The third-order valence-corrected chi connectivity index (χ3v) is 4.97. The molecule has 2 aromatic heterocycles. The molecule has 2 N–H and O–H groups in total. The average molecular weight is 336 g/mol. The summed E-state index contributed by atoms with van der Waals surface area (Å²) in [6.45, 7) is 1.98. The van der Waals surface area contributed by atoms with Crippen LogP contribution in [-0.4, -0.2) is 18.4 Å². The first-order chi connectivity index (χ1) is 7.97. The van der Waals surface area contributed by atoms with Gasteiger partial charge in [0.1, 0.15) is 5.82 Å². The molecule has 0 amide bonds. The Labute approximate surface area is 111 Å². The minimum atomic E-state index is -3.51. The van der Waals surface area contributed by atoms with Crippen molar-refractivity contribution in [2.24, 2.45) is 0 Å². The number of aromatic nitrogens is 2. The lowest BCUT2D eigenvalue weighted by Crippen LogP contribution is -2.23. The second kappa shape index (κ2) is 4.89. The van der Waals surface area contributed by atoms with E-state index in [1.165, 1.54) is 17.5 Å². The van der Waals surface area contributed by atoms with Crippen molar-refractivity contribution < 1.29 is 8.42 Å². The molecule has 0 aliphatic heterocycles. The Morgan fingerprint density at radius 2 is 2.29 bits per heavy atom. The van der Waals surface area contributed by atoms with Crippen LogP contribution < -0.4 is 4.72 Å². The summed E-state index contributed by atoms with van der Waals surface area (Å²) < 4.78 is 27.2. The van der Waals surface area contributed by atoms with Crippen LogP contribution in [0.1, 0.15) is 10.7 Å². The first kappa shape index (κ1) is 12.7. The number of hydrogen-bond donors (Lipinski definition) is 2. The Kier molecular flexibility index (Phi) is 3.67. The van der Waals surface area contributed by atoms with E-state index in [-0.39, 0.29) is 11.6 Å². The first-order valence-electron chi connectivity index (χ1n) is 4.73. The summed E-state index contributed by atoms with van der Waals surface area (Å²) in [4.78, 5) is 7.49. The molecule has 0 atom stereocenters. The third kappa shape index (κ3) is 3.15. The first-order valence-corrected chi connectivity index (χ1v) is 7.82. The third-order valence-electron chi connectivity index (χ3n) is 2.03. The Bertz CT molecular complexity index is 618. The zero-order chi connectivity index (χ0) is 12.5. The van der Waals surface area contributed by atoms with Crippen molar-refractivity contribution >= 4 is 37.3 Å². The lowest BCUT2D eigenvalue weighted by atomic mass is 10.5. The molecular weight excluding hydrogens is 326 g/mol. The van der Waals surface area contributed by atoms with Gasteiger partial charge in [-0.3, -0.25) is 0 Å². The smallest absolute Gasteiger partial charge is 0.257 e. The summed E-state index contributed by atoms with van der Waals surface area (Å²) in [6.07, 6.45) is 1.31. The maximum atomic E-state index is 11.8. The van der Waals surface area contributed by atoms with E-state index in [0.29, 0.717) is 5.82 Å². The number of rotatable bonds is 4. The normalized spacial score (nSPS) is 11.9. The molecule has 0 saturated heterocycles. The van der Waals surface area contributed by atoms with Crippen LogP contribution in [0.15, 0.2) is 27.1 Å². The summed E-state index contributed by atoms with van der Waals surface area (Å²) in [6, 6.07) is 3.75. The van der Waals surface area contributed by atoms with Gasteiger partial charge in [-0.25, -0.2) is 18.1 Å². The molecule has 0 radical (unpaired) electrons. The van der Waals surface area contributed by atoms with Gasteiger partial charge in [0.25, 0.3) is 10.0 Å². The second-order valence-corrected chi connectivity index (χ2v) is 7.65. The molecule has 17 heavy (non-hydrogen) atoms. The standard InChI is InChI=1S/C9H10BrN3O2S2/c1-6-11-5-9(13-6)17(14,15)12-4-7-2-3-8(10)16-7/h2-3,5,12H,4H2,1H3,(H,11,13). The van der Waals surface area contributed by atoms with Crippen molar-refractivity contribution in [1.82, 2.24) is 14.7 Å². The van der Waals surface area contributed by atoms with Crippen LogP contribution in [0.5, 0.6) is 0 Å². The van der Waals surface area contributed by atoms with Gasteiger partial charge in [0.05, 0.1) is 9.98 Å². The number of hydrogen-bond acceptors (Lipinski definition) is 4. The van der Waals surface area contributed by atoms with Crippen LogP contribution in [0.2, 0.25) is 0 Å². The second-order valence-electron chi connectivity index (χ2n) is 3.36. The molecule has 0 bridgehead atoms. The summed E-state index contributed by atoms with van der Waals surface area (Å²) >= 11 is 4.82. The van der Waals surface area contributed by atoms with Gasteiger partial charge in [0.15, 0.2) is 5.03 Å². The number of imidazole rings is 1. The molecule has 5 nitrogen and oxygen atoms in total. The molecule has 0 aromatic carbocycles. The van der Waals surface area contributed by atoms with Gasteiger partial charge in [-0.05, 0) is 35.0 Å². The van der Waals surface area contributed by atoms with Crippen molar-refractivity contribution in [3.8, 4) is 0 Å². The predicted octanol–water partition coefficient (Wildman–Crippen LogP) is 2.02. The Morgan fingerprint density at radius 3 is 2.82 bits per heavy atom. The summed E-state index contributed by atoms with van der Waals surface area (Å²) in [7, 11) is -3.51. The minimum absolute atomic E-state index is 0.0885. The lowest BCUT2D eigenvalue weighted by Gasteiger charge is -2.02. The monoisotopic (exact) mass is 335 g/mol. The molecule has 0 saturated carbocycles. The maximum absolute atomic E-state index is 11.8. The number of thiophene rings is 1. The van der Waals surface area contributed by atoms with E-state index in [9.17, 15) is 8.42 Å². The number of nitrogens with zero attached hydrogens (tertiary/aromatic N) is 1. The van der Waals surface area contributed by atoms with E-state index >= 15 is 0 Å². The fraction of sp³-hybridized carbons (Fsp3) is 0.222. The molecule has 2 heterocycles. The minimum Gasteiger partial charge on any atom is -0.332 e. The fourth-order valence-corrected chi connectivity index (χ4v) is 3.71. The van der Waals surface area contributed by atoms with Gasteiger partial charge in [-0.2, -0.15) is 0 Å². The van der Waals surface area contributed by atoms with E-state index in [0.717, 1.165) is 8.66 Å². The molecule has 0 aliphatic carbocycles. The van der Waals surface area contributed by atoms with Gasteiger partial charge in [0.2, 0.25) is 0 Å². The molecule has 0 spiro atoms. The molecule has 2 aromatic rings. The van der Waals surface area contributed by atoms with Crippen LogP contribution in [0.4, 0.5) is 0 Å². The highest BCUT2D eigenvalue weighted by atomic mass is 79.9. The van der Waals surface area contributed by atoms with Crippen LogP contribution in [0.25, 0.3) is 0 Å². The number of halogens is 1. The predicted molar refractivity (Wildman–Crippen MR) is 69.4 cm³/mol. The van der Waals surface area contributed by atoms with E-state index in [4.69, 9.17) is 0 Å². The summed E-state index contributed by atoms with van der Waals surface area (Å²) in [5, 5.41) is 0.0885. The lowest BCUT2D eigenvalue weighted by molar-refractivity contribution is 0.578. The van der Waals surface area contributed by atoms with Crippen molar-refractivity contribution in [2.45, 2.75) is 18.5 Å². The number of H-pyrrole nitrogens is 1. The molecule has 2 rings (SSSR count). The van der Waals surface area contributed by atoms with Gasteiger partial charge in [-0.1, -0.05) is 0 Å². The van der Waals surface area contributed by atoms with Gasteiger partial charge in [0, 0.05) is 11.4 Å². The molecule has 0 aliphatic rings.